The number of halogens is 2. The van der Waals surface area contributed by atoms with Crippen molar-refractivity contribution in [3.63, 3.8) is 0 Å². The van der Waals surface area contributed by atoms with Gasteiger partial charge in [-0.3, -0.25) is 4.79 Å². The van der Waals surface area contributed by atoms with Gasteiger partial charge >= 0.3 is 0 Å². The van der Waals surface area contributed by atoms with Crippen molar-refractivity contribution in [3.05, 3.63) is 65.7 Å². The molecule has 2 fully saturated rings. The Morgan fingerprint density at radius 3 is 2.50 bits per heavy atom. The Morgan fingerprint density at radius 1 is 1.07 bits per heavy atom. The molecular formula is C23H26F2N2O. The average Bonchev–Trinajstić information content (AvgIpc) is 3.17. The number of nitrogens with zero attached hydrogens (tertiary/aromatic N) is 2. The third kappa shape index (κ3) is 3.27. The molecule has 5 heteroatoms. The Labute approximate surface area is 165 Å². The maximum absolute atomic E-state index is 14.0. The fourth-order valence-corrected chi connectivity index (χ4v) is 5.10. The molecule has 3 nitrogen and oxygen atoms in total. The molecule has 28 heavy (non-hydrogen) atoms. The monoisotopic (exact) mass is 384 g/mol. The molecule has 0 aromatic heterocycles. The molecule has 2 saturated heterocycles. The van der Waals surface area contributed by atoms with Crippen LogP contribution < -0.4 is 4.90 Å². The molecule has 1 spiro atoms. The van der Waals surface area contributed by atoms with Crippen molar-refractivity contribution in [1.82, 2.24) is 4.90 Å². The first-order valence-electron chi connectivity index (χ1n) is 9.88. The van der Waals surface area contributed by atoms with Crippen molar-refractivity contribution < 1.29 is 13.6 Å². The zero-order chi connectivity index (χ0) is 19.9. The largest absolute Gasteiger partial charge is 0.364 e. The van der Waals surface area contributed by atoms with E-state index in [9.17, 15) is 13.6 Å². The molecule has 0 bridgehead atoms. The standard InChI is InChI=1S/C23H26F2N2O/c1-22(2)15-23(16-27(22)19-10-8-18(24)9-11-19)12-5-13-26(23)21(28)14-17-6-3-4-7-20(17)25/h3-4,6-11H,5,12-16H2,1-2H3. The Kier molecular flexibility index (Phi) is 4.64. The minimum absolute atomic E-state index is 0.0145. The van der Waals surface area contributed by atoms with E-state index in [1.54, 1.807) is 30.3 Å². The molecule has 4 rings (SSSR count). The number of anilines is 1. The number of hydrogen-bond donors (Lipinski definition) is 0. The molecule has 0 radical (unpaired) electrons. The van der Waals surface area contributed by atoms with Gasteiger partial charge in [0, 0.05) is 24.3 Å². The summed E-state index contributed by atoms with van der Waals surface area (Å²) in [6, 6.07) is 13.0. The summed E-state index contributed by atoms with van der Waals surface area (Å²) in [6.45, 7) is 5.77. The molecular weight excluding hydrogens is 358 g/mol. The molecule has 0 aliphatic carbocycles. The van der Waals surface area contributed by atoms with Gasteiger partial charge in [-0.1, -0.05) is 18.2 Å². The van der Waals surface area contributed by atoms with E-state index in [1.165, 1.54) is 18.2 Å². The number of likely N-dealkylation sites (tertiary alicyclic amines) is 1. The lowest BCUT2D eigenvalue weighted by Crippen LogP contribution is -2.49. The van der Waals surface area contributed by atoms with Crippen LogP contribution in [0.5, 0.6) is 0 Å². The topological polar surface area (TPSA) is 23.6 Å². The maximum Gasteiger partial charge on any atom is 0.227 e. The van der Waals surface area contributed by atoms with Crippen molar-refractivity contribution >= 4 is 11.6 Å². The van der Waals surface area contributed by atoms with E-state index >= 15 is 0 Å². The van der Waals surface area contributed by atoms with E-state index in [4.69, 9.17) is 0 Å². The quantitative estimate of drug-likeness (QED) is 0.775. The fourth-order valence-electron chi connectivity index (χ4n) is 5.10. The zero-order valence-electron chi connectivity index (χ0n) is 16.4. The molecule has 1 atom stereocenters. The highest BCUT2D eigenvalue weighted by molar-refractivity contribution is 5.80. The minimum Gasteiger partial charge on any atom is -0.364 e. The molecule has 2 aliphatic rings. The summed E-state index contributed by atoms with van der Waals surface area (Å²) in [7, 11) is 0. The zero-order valence-corrected chi connectivity index (χ0v) is 16.4. The Balaban J connectivity index is 1.59. The first kappa shape index (κ1) is 18.9. The van der Waals surface area contributed by atoms with Crippen molar-refractivity contribution in [2.45, 2.75) is 50.6 Å². The van der Waals surface area contributed by atoms with Gasteiger partial charge in [0.1, 0.15) is 11.6 Å². The molecule has 0 saturated carbocycles. The van der Waals surface area contributed by atoms with Gasteiger partial charge in [0.15, 0.2) is 0 Å². The average molecular weight is 384 g/mol. The van der Waals surface area contributed by atoms with Gasteiger partial charge in [0.25, 0.3) is 0 Å². The van der Waals surface area contributed by atoms with Gasteiger partial charge in [-0.05, 0) is 69.0 Å². The highest BCUT2D eigenvalue weighted by Gasteiger charge is 2.54. The van der Waals surface area contributed by atoms with Crippen LogP contribution in [0.3, 0.4) is 0 Å². The van der Waals surface area contributed by atoms with Gasteiger partial charge in [-0.25, -0.2) is 8.78 Å². The molecule has 2 aromatic carbocycles. The lowest BCUT2D eigenvalue weighted by atomic mass is 9.87. The van der Waals surface area contributed by atoms with Gasteiger partial charge in [0.2, 0.25) is 5.91 Å². The number of benzene rings is 2. The predicted octanol–water partition coefficient (Wildman–Crippen LogP) is 4.56. The first-order valence-corrected chi connectivity index (χ1v) is 9.88. The van der Waals surface area contributed by atoms with Crippen LogP contribution in [0.1, 0.15) is 38.7 Å². The second kappa shape index (κ2) is 6.87. The van der Waals surface area contributed by atoms with Crippen LogP contribution in [0.4, 0.5) is 14.5 Å². The summed E-state index contributed by atoms with van der Waals surface area (Å²) in [4.78, 5) is 17.4. The van der Waals surface area contributed by atoms with Gasteiger partial charge in [-0.2, -0.15) is 0 Å². The summed E-state index contributed by atoms with van der Waals surface area (Å²) in [5.74, 6) is -0.596. The Hall–Kier alpha value is -2.43. The van der Waals surface area contributed by atoms with Crippen LogP contribution in [0, 0.1) is 11.6 Å². The van der Waals surface area contributed by atoms with Crippen LogP contribution in [-0.4, -0.2) is 35.0 Å². The SMILES string of the molecule is CC1(C)CC2(CCCN2C(=O)Cc2ccccc2F)CN1c1ccc(F)cc1. The highest BCUT2D eigenvalue weighted by atomic mass is 19.1. The summed E-state index contributed by atoms with van der Waals surface area (Å²) in [5.41, 5.74) is 1.01. The smallest absolute Gasteiger partial charge is 0.227 e. The van der Waals surface area contributed by atoms with Gasteiger partial charge in [0.05, 0.1) is 12.0 Å². The van der Waals surface area contributed by atoms with Gasteiger partial charge < -0.3 is 9.80 Å². The van der Waals surface area contributed by atoms with Crippen LogP contribution in [0.15, 0.2) is 48.5 Å². The lowest BCUT2D eigenvalue weighted by molar-refractivity contribution is -0.134. The number of carbonyl (C=O) groups is 1. The van der Waals surface area contributed by atoms with E-state index in [0.29, 0.717) is 18.7 Å². The molecule has 2 aliphatic heterocycles. The van der Waals surface area contributed by atoms with Gasteiger partial charge in [-0.15, -0.1) is 0 Å². The third-order valence-electron chi connectivity index (χ3n) is 6.28. The minimum atomic E-state index is -0.330. The highest BCUT2D eigenvalue weighted by Crippen LogP contribution is 2.47. The molecule has 0 N–H and O–H groups in total. The molecule has 148 valence electrons. The maximum atomic E-state index is 14.0. The van der Waals surface area contributed by atoms with Crippen LogP contribution in [-0.2, 0) is 11.2 Å². The summed E-state index contributed by atoms with van der Waals surface area (Å²) in [5, 5.41) is 0. The van der Waals surface area contributed by atoms with E-state index in [1.807, 2.05) is 4.90 Å². The van der Waals surface area contributed by atoms with E-state index < -0.39 is 0 Å². The second-order valence-corrected chi connectivity index (χ2v) is 8.69. The van der Waals surface area contributed by atoms with Crippen LogP contribution in [0.25, 0.3) is 0 Å². The number of amides is 1. The fraction of sp³-hybridized carbons (Fsp3) is 0.435. The first-order chi connectivity index (χ1) is 13.3. The summed E-state index contributed by atoms with van der Waals surface area (Å²) < 4.78 is 27.4. The number of hydrogen-bond acceptors (Lipinski definition) is 2. The Bertz CT molecular complexity index is 880. The molecule has 1 amide bonds. The van der Waals surface area contributed by atoms with E-state index in [0.717, 1.165) is 24.9 Å². The van der Waals surface area contributed by atoms with Crippen molar-refractivity contribution in [1.29, 1.82) is 0 Å². The third-order valence-corrected chi connectivity index (χ3v) is 6.28. The Morgan fingerprint density at radius 2 is 1.79 bits per heavy atom. The lowest BCUT2D eigenvalue weighted by Gasteiger charge is -2.35. The van der Waals surface area contributed by atoms with E-state index in [-0.39, 0.29) is 35.0 Å². The van der Waals surface area contributed by atoms with Crippen LogP contribution >= 0.6 is 0 Å². The number of carbonyl (C=O) groups excluding carboxylic acids is 1. The van der Waals surface area contributed by atoms with Crippen molar-refractivity contribution in [3.8, 4) is 0 Å². The normalized spacial score (nSPS) is 23.6. The number of rotatable bonds is 3. The molecule has 2 aromatic rings. The van der Waals surface area contributed by atoms with Crippen molar-refractivity contribution in [2.24, 2.45) is 0 Å². The summed E-state index contributed by atoms with van der Waals surface area (Å²) in [6.07, 6.45) is 2.83. The predicted molar refractivity (Wildman–Crippen MR) is 106 cm³/mol. The van der Waals surface area contributed by atoms with Crippen molar-refractivity contribution in [2.75, 3.05) is 18.0 Å². The summed E-state index contributed by atoms with van der Waals surface area (Å²) >= 11 is 0. The molecule has 2 heterocycles. The van der Waals surface area contributed by atoms with E-state index in [2.05, 4.69) is 18.7 Å². The second-order valence-electron chi connectivity index (χ2n) is 8.69. The molecule has 1 unspecified atom stereocenters. The van der Waals surface area contributed by atoms with Crippen LogP contribution in [0.2, 0.25) is 0 Å².